The van der Waals surface area contributed by atoms with Crippen molar-refractivity contribution in [2.75, 3.05) is 13.2 Å². The molecule has 1 aromatic carbocycles. The summed E-state index contributed by atoms with van der Waals surface area (Å²) in [6.07, 6.45) is 2.87. The number of rotatable bonds is 4. The number of benzene rings is 1. The van der Waals surface area contributed by atoms with Crippen LogP contribution >= 0.6 is 0 Å². The van der Waals surface area contributed by atoms with Gasteiger partial charge in [-0.1, -0.05) is 12.1 Å². The van der Waals surface area contributed by atoms with E-state index in [9.17, 15) is 4.79 Å². The Morgan fingerprint density at radius 1 is 1.25 bits per heavy atom. The van der Waals surface area contributed by atoms with E-state index in [1.54, 1.807) is 6.20 Å². The molecule has 0 fully saturated rings. The van der Waals surface area contributed by atoms with E-state index in [1.165, 1.54) is 0 Å². The molecule has 126 valence electrons. The van der Waals surface area contributed by atoms with Gasteiger partial charge in [0.2, 0.25) is 5.91 Å². The number of ether oxygens (including phenoxy) is 2. The van der Waals surface area contributed by atoms with E-state index < -0.39 is 0 Å². The smallest absolute Gasteiger partial charge is 0.226 e. The first kappa shape index (κ1) is 16.3. The lowest BCUT2D eigenvalue weighted by Gasteiger charge is -2.16. The van der Waals surface area contributed by atoms with Gasteiger partial charge in [0.15, 0.2) is 11.5 Å². The molecule has 1 aliphatic heterocycles. The molecule has 5 nitrogen and oxygen atoms in total. The highest BCUT2D eigenvalue weighted by Gasteiger charge is 2.16. The average molecular weight is 326 g/mol. The van der Waals surface area contributed by atoms with Gasteiger partial charge in [-0.25, -0.2) is 0 Å². The zero-order valence-corrected chi connectivity index (χ0v) is 14.0. The Morgan fingerprint density at radius 3 is 2.83 bits per heavy atom. The van der Waals surface area contributed by atoms with Crippen LogP contribution in [0.25, 0.3) is 0 Å². The lowest BCUT2D eigenvalue weighted by Crippen LogP contribution is -2.28. The topological polar surface area (TPSA) is 60.5 Å². The second-order valence-electron chi connectivity index (χ2n) is 5.99. The molecule has 1 aliphatic rings. The van der Waals surface area contributed by atoms with Crippen molar-refractivity contribution in [3.8, 4) is 11.5 Å². The largest absolute Gasteiger partial charge is 0.490 e. The molecule has 0 unspecified atom stereocenters. The minimum Gasteiger partial charge on any atom is -0.490 e. The van der Waals surface area contributed by atoms with Gasteiger partial charge in [0.25, 0.3) is 0 Å². The second-order valence-corrected chi connectivity index (χ2v) is 5.99. The third-order valence-electron chi connectivity index (χ3n) is 4.09. The first-order valence-electron chi connectivity index (χ1n) is 8.23. The summed E-state index contributed by atoms with van der Waals surface area (Å²) < 4.78 is 11.3. The van der Waals surface area contributed by atoms with Crippen LogP contribution in [-0.2, 0) is 11.2 Å². The summed E-state index contributed by atoms with van der Waals surface area (Å²) in [4.78, 5) is 16.6. The Labute approximate surface area is 142 Å². The highest BCUT2D eigenvalue weighted by molar-refractivity contribution is 5.78. The number of hydrogen-bond donors (Lipinski definition) is 1. The van der Waals surface area contributed by atoms with Crippen LogP contribution < -0.4 is 14.8 Å². The van der Waals surface area contributed by atoms with Crippen molar-refractivity contribution < 1.29 is 14.3 Å². The molecule has 1 atom stereocenters. The van der Waals surface area contributed by atoms with Gasteiger partial charge in [0.1, 0.15) is 0 Å². The first-order chi connectivity index (χ1) is 11.6. The summed E-state index contributed by atoms with van der Waals surface area (Å²) in [5.74, 6) is 1.46. The maximum absolute atomic E-state index is 12.3. The van der Waals surface area contributed by atoms with Crippen LogP contribution in [0.1, 0.15) is 36.2 Å². The van der Waals surface area contributed by atoms with E-state index in [4.69, 9.17) is 9.47 Å². The molecule has 0 saturated heterocycles. The highest BCUT2D eigenvalue weighted by Crippen LogP contribution is 2.32. The van der Waals surface area contributed by atoms with Crippen LogP contribution in [0.3, 0.4) is 0 Å². The van der Waals surface area contributed by atoms with Gasteiger partial charge in [-0.05, 0) is 43.2 Å². The number of aryl methyl sites for hydroxylation is 1. The molecule has 1 N–H and O–H groups in total. The van der Waals surface area contributed by atoms with Gasteiger partial charge in [-0.15, -0.1) is 0 Å². The highest BCUT2D eigenvalue weighted by atomic mass is 16.5. The molecule has 2 heterocycles. The number of amides is 1. The molecule has 3 rings (SSSR count). The molecule has 0 radical (unpaired) electrons. The lowest BCUT2D eigenvalue weighted by atomic mass is 10.1. The summed E-state index contributed by atoms with van der Waals surface area (Å²) in [5.41, 5.74) is 2.82. The predicted octanol–water partition coefficient (Wildman–Crippen LogP) is 2.97. The van der Waals surface area contributed by atoms with E-state index in [0.717, 1.165) is 34.7 Å². The number of carbonyl (C=O) groups is 1. The van der Waals surface area contributed by atoms with Gasteiger partial charge in [0, 0.05) is 12.6 Å². The molecule has 0 bridgehead atoms. The van der Waals surface area contributed by atoms with E-state index >= 15 is 0 Å². The second kappa shape index (κ2) is 7.34. The van der Waals surface area contributed by atoms with Gasteiger partial charge in [-0.2, -0.15) is 0 Å². The van der Waals surface area contributed by atoms with Crippen molar-refractivity contribution >= 4 is 5.91 Å². The van der Waals surface area contributed by atoms with Crippen LogP contribution in [0.4, 0.5) is 0 Å². The van der Waals surface area contributed by atoms with Crippen LogP contribution in [0, 0.1) is 6.92 Å². The summed E-state index contributed by atoms with van der Waals surface area (Å²) in [6, 6.07) is 9.53. The minimum absolute atomic E-state index is 0.0450. The average Bonchev–Trinajstić information content (AvgIpc) is 2.81. The van der Waals surface area contributed by atoms with E-state index in [-0.39, 0.29) is 18.4 Å². The fourth-order valence-corrected chi connectivity index (χ4v) is 2.68. The molecule has 0 spiro atoms. The Bertz CT molecular complexity index is 730. The first-order valence-corrected chi connectivity index (χ1v) is 8.23. The van der Waals surface area contributed by atoms with E-state index in [2.05, 4.69) is 10.3 Å². The van der Waals surface area contributed by atoms with Gasteiger partial charge in [0.05, 0.1) is 31.4 Å². The number of carbonyl (C=O) groups excluding carboxylic acids is 1. The van der Waals surface area contributed by atoms with Gasteiger partial charge in [-0.3, -0.25) is 9.78 Å². The van der Waals surface area contributed by atoms with Crippen LogP contribution in [0.2, 0.25) is 0 Å². The Morgan fingerprint density at radius 2 is 2.04 bits per heavy atom. The van der Waals surface area contributed by atoms with Crippen molar-refractivity contribution in [3.05, 3.63) is 53.3 Å². The molecule has 1 amide bonds. The van der Waals surface area contributed by atoms with E-state index in [0.29, 0.717) is 13.2 Å². The number of hydrogen-bond acceptors (Lipinski definition) is 4. The van der Waals surface area contributed by atoms with Crippen LogP contribution in [0.5, 0.6) is 11.5 Å². The number of pyridine rings is 1. The van der Waals surface area contributed by atoms with E-state index in [1.807, 2.05) is 44.2 Å². The number of aromatic nitrogens is 1. The van der Waals surface area contributed by atoms with Crippen LogP contribution in [0.15, 0.2) is 36.5 Å². The Balaban J connectivity index is 1.66. The number of nitrogens with zero attached hydrogens (tertiary/aromatic N) is 1. The minimum atomic E-state index is -0.112. The number of fused-ring (bicyclic) bond motifs is 1. The lowest BCUT2D eigenvalue weighted by molar-refractivity contribution is -0.121. The number of nitrogens with one attached hydrogen (secondary N) is 1. The predicted molar refractivity (Wildman–Crippen MR) is 91.3 cm³/mol. The molecular weight excluding hydrogens is 304 g/mol. The third-order valence-corrected chi connectivity index (χ3v) is 4.09. The molecule has 0 aliphatic carbocycles. The zero-order chi connectivity index (χ0) is 16.9. The fraction of sp³-hybridized carbons (Fsp3) is 0.368. The van der Waals surface area contributed by atoms with Crippen LogP contribution in [-0.4, -0.2) is 24.1 Å². The molecular formula is C19H22N2O3. The maximum Gasteiger partial charge on any atom is 0.226 e. The summed E-state index contributed by atoms with van der Waals surface area (Å²) in [7, 11) is 0. The SMILES string of the molecule is Cc1cccnc1CC(=O)N[C@@H](C)c1ccc2c(c1)OCCCO2. The quantitative estimate of drug-likeness (QED) is 0.938. The normalized spacial score (nSPS) is 14.6. The third kappa shape index (κ3) is 3.85. The summed E-state index contributed by atoms with van der Waals surface area (Å²) in [6.45, 7) is 5.24. The molecule has 2 aromatic rings. The molecule has 0 saturated carbocycles. The van der Waals surface area contributed by atoms with Crippen molar-refractivity contribution in [1.82, 2.24) is 10.3 Å². The van der Waals surface area contributed by atoms with Crippen molar-refractivity contribution in [1.29, 1.82) is 0 Å². The summed E-state index contributed by atoms with van der Waals surface area (Å²) >= 11 is 0. The molecule has 24 heavy (non-hydrogen) atoms. The molecule has 5 heteroatoms. The standard InChI is InChI=1S/C19H22N2O3/c1-13-5-3-8-20-16(13)12-19(22)21-14(2)15-6-7-17-18(11-15)24-10-4-9-23-17/h3,5-8,11,14H,4,9-10,12H2,1-2H3,(H,21,22)/t14-/m0/s1. The Kier molecular flexibility index (Phi) is 4.99. The van der Waals surface area contributed by atoms with Crippen molar-refractivity contribution in [2.24, 2.45) is 0 Å². The van der Waals surface area contributed by atoms with Gasteiger partial charge < -0.3 is 14.8 Å². The van der Waals surface area contributed by atoms with Crippen molar-refractivity contribution in [3.63, 3.8) is 0 Å². The Hall–Kier alpha value is -2.56. The fourth-order valence-electron chi connectivity index (χ4n) is 2.68. The zero-order valence-electron chi connectivity index (χ0n) is 14.0. The monoisotopic (exact) mass is 326 g/mol. The van der Waals surface area contributed by atoms with Crippen molar-refractivity contribution in [2.45, 2.75) is 32.7 Å². The molecule has 1 aromatic heterocycles. The van der Waals surface area contributed by atoms with Gasteiger partial charge >= 0.3 is 0 Å². The maximum atomic E-state index is 12.3. The summed E-state index contributed by atoms with van der Waals surface area (Å²) in [5, 5.41) is 3.02.